The molecule has 1 aromatic rings. The highest BCUT2D eigenvalue weighted by molar-refractivity contribution is 7.89. The molecule has 1 heterocycles. The van der Waals surface area contributed by atoms with E-state index in [1.165, 1.54) is 12.5 Å². The third-order valence-corrected chi connectivity index (χ3v) is 4.53. The molecule has 0 aromatic carbocycles. The first-order valence-corrected chi connectivity index (χ1v) is 7.89. The monoisotopic (exact) mass is 272 g/mol. The Morgan fingerprint density at radius 3 is 2.78 bits per heavy atom. The van der Waals surface area contributed by atoms with E-state index in [2.05, 4.69) is 10.0 Å². The quantitative estimate of drug-likeness (QED) is 0.788. The van der Waals surface area contributed by atoms with Gasteiger partial charge in [-0.2, -0.15) is 0 Å². The molecule has 5 nitrogen and oxygen atoms in total. The van der Waals surface area contributed by atoms with Gasteiger partial charge in [-0.05, 0) is 37.4 Å². The van der Waals surface area contributed by atoms with E-state index in [9.17, 15) is 8.42 Å². The molecule has 1 aliphatic carbocycles. The normalized spacial score (nSPS) is 16.7. The predicted octanol–water partition coefficient (Wildman–Crippen LogP) is 1.47. The average Bonchev–Trinajstić information content (AvgIpc) is 2.73. The fourth-order valence-electron chi connectivity index (χ4n) is 1.84. The van der Waals surface area contributed by atoms with Crippen molar-refractivity contribution in [2.75, 3.05) is 13.1 Å². The molecule has 0 radical (unpaired) electrons. The van der Waals surface area contributed by atoms with Crippen molar-refractivity contribution in [2.24, 2.45) is 5.92 Å². The first-order chi connectivity index (χ1) is 8.62. The van der Waals surface area contributed by atoms with E-state index in [4.69, 9.17) is 4.42 Å². The van der Waals surface area contributed by atoms with Crippen LogP contribution < -0.4 is 10.0 Å². The minimum atomic E-state index is -3.48. The van der Waals surface area contributed by atoms with Gasteiger partial charge in [-0.1, -0.05) is 13.3 Å². The molecule has 0 atom stereocenters. The Morgan fingerprint density at radius 1 is 1.39 bits per heavy atom. The molecule has 1 aliphatic rings. The van der Waals surface area contributed by atoms with Gasteiger partial charge in [0.05, 0.1) is 6.54 Å². The number of hydrogen-bond acceptors (Lipinski definition) is 4. The van der Waals surface area contributed by atoms with Crippen LogP contribution in [0, 0.1) is 5.92 Å². The summed E-state index contributed by atoms with van der Waals surface area (Å²) in [7, 11) is -3.48. The van der Waals surface area contributed by atoms with Crippen LogP contribution in [0.2, 0.25) is 0 Å². The molecule has 2 N–H and O–H groups in total. The van der Waals surface area contributed by atoms with Gasteiger partial charge in [0.25, 0.3) is 10.0 Å². The molecule has 1 saturated carbocycles. The van der Waals surface area contributed by atoms with Gasteiger partial charge >= 0.3 is 0 Å². The molecule has 6 heteroatoms. The topological polar surface area (TPSA) is 71.3 Å². The first kappa shape index (κ1) is 13.6. The smallest absolute Gasteiger partial charge is 0.273 e. The Balaban J connectivity index is 1.93. The molecule has 0 amide bonds. The van der Waals surface area contributed by atoms with Crippen molar-refractivity contribution in [3.8, 4) is 0 Å². The number of furan rings is 1. The molecule has 18 heavy (non-hydrogen) atoms. The predicted molar refractivity (Wildman–Crippen MR) is 68.6 cm³/mol. The van der Waals surface area contributed by atoms with Crippen LogP contribution in [0.5, 0.6) is 0 Å². The minimum absolute atomic E-state index is 0.00901. The Labute approximate surface area is 108 Å². The lowest BCUT2D eigenvalue weighted by Gasteiger charge is -2.24. The van der Waals surface area contributed by atoms with Crippen molar-refractivity contribution in [1.29, 1.82) is 0 Å². The fraction of sp³-hybridized carbons (Fsp3) is 0.667. The van der Waals surface area contributed by atoms with Crippen molar-refractivity contribution in [2.45, 2.75) is 37.8 Å². The van der Waals surface area contributed by atoms with Crippen molar-refractivity contribution in [3.05, 3.63) is 17.9 Å². The minimum Gasteiger partial charge on any atom is -0.447 e. The van der Waals surface area contributed by atoms with Crippen LogP contribution >= 0.6 is 0 Å². The Morgan fingerprint density at radius 2 is 2.17 bits per heavy atom. The standard InChI is InChI=1S/C12H20N2O3S/c1-2-13-9-11-6-7-12(17-11)18(15,16)14-8-10-4-3-5-10/h6-7,10,13-14H,2-5,8-9H2,1H3. The maximum Gasteiger partial charge on any atom is 0.273 e. The van der Waals surface area contributed by atoms with Crippen molar-refractivity contribution < 1.29 is 12.8 Å². The second-order valence-corrected chi connectivity index (χ2v) is 6.35. The summed E-state index contributed by atoms with van der Waals surface area (Å²) in [5.41, 5.74) is 0. The molecule has 2 rings (SSSR count). The molecule has 0 bridgehead atoms. The molecule has 0 unspecified atom stereocenters. The Hall–Kier alpha value is -0.850. The molecular formula is C12H20N2O3S. The number of nitrogens with one attached hydrogen (secondary N) is 2. The van der Waals surface area contributed by atoms with Crippen LogP contribution in [-0.2, 0) is 16.6 Å². The lowest BCUT2D eigenvalue weighted by Crippen LogP contribution is -2.32. The van der Waals surface area contributed by atoms with Gasteiger partial charge in [0, 0.05) is 6.54 Å². The summed E-state index contributed by atoms with van der Waals surface area (Å²) in [6.07, 6.45) is 3.44. The van der Waals surface area contributed by atoms with Crippen LogP contribution in [-0.4, -0.2) is 21.5 Å². The highest BCUT2D eigenvalue weighted by Crippen LogP contribution is 2.25. The Kier molecular flexibility index (Phi) is 4.42. The summed E-state index contributed by atoms with van der Waals surface area (Å²) in [4.78, 5) is 0. The zero-order chi connectivity index (χ0) is 13.0. The second kappa shape index (κ2) is 5.86. The largest absolute Gasteiger partial charge is 0.447 e. The molecular weight excluding hydrogens is 252 g/mol. The van der Waals surface area contributed by atoms with Gasteiger partial charge in [0.1, 0.15) is 5.76 Å². The van der Waals surface area contributed by atoms with E-state index in [0.29, 0.717) is 24.8 Å². The third kappa shape index (κ3) is 3.34. The van der Waals surface area contributed by atoms with E-state index in [-0.39, 0.29) is 5.09 Å². The van der Waals surface area contributed by atoms with E-state index in [1.807, 2.05) is 6.92 Å². The fourth-order valence-corrected chi connectivity index (χ4v) is 2.90. The zero-order valence-corrected chi connectivity index (χ0v) is 11.4. The van der Waals surface area contributed by atoms with Gasteiger partial charge < -0.3 is 9.73 Å². The van der Waals surface area contributed by atoms with Gasteiger partial charge in [-0.25, -0.2) is 13.1 Å². The maximum absolute atomic E-state index is 11.9. The van der Waals surface area contributed by atoms with Gasteiger partial charge in [0.15, 0.2) is 0 Å². The lowest BCUT2D eigenvalue weighted by molar-refractivity contribution is 0.314. The summed E-state index contributed by atoms with van der Waals surface area (Å²) in [5, 5.41) is 3.10. The van der Waals surface area contributed by atoms with Crippen molar-refractivity contribution in [1.82, 2.24) is 10.0 Å². The molecule has 1 fully saturated rings. The summed E-state index contributed by atoms with van der Waals surface area (Å²) in [5.74, 6) is 1.14. The number of hydrogen-bond donors (Lipinski definition) is 2. The van der Waals surface area contributed by atoms with Crippen molar-refractivity contribution in [3.63, 3.8) is 0 Å². The van der Waals surface area contributed by atoms with Gasteiger partial charge in [-0.3, -0.25) is 0 Å². The van der Waals surface area contributed by atoms with E-state index >= 15 is 0 Å². The molecule has 1 aromatic heterocycles. The van der Waals surface area contributed by atoms with E-state index in [0.717, 1.165) is 19.4 Å². The van der Waals surface area contributed by atoms with Crippen LogP contribution in [0.3, 0.4) is 0 Å². The highest BCUT2D eigenvalue weighted by atomic mass is 32.2. The number of sulfonamides is 1. The summed E-state index contributed by atoms with van der Waals surface area (Å²) < 4.78 is 31.8. The second-order valence-electron chi connectivity index (χ2n) is 4.65. The average molecular weight is 272 g/mol. The van der Waals surface area contributed by atoms with Crippen LogP contribution in [0.15, 0.2) is 21.6 Å². The molecule has 0 saturated heterocycles. The maximum atomic E-state index is 11.9. The van der Waals surface area contributed by atoms with Crippen molar-refractivity contribution >= 4 is 10.0 Å². The summed E-state index contributed by atoms with van der Waals surface area (Å²) in [6, 6.07) is 3.20. The zero-order valence-electron chi connectivity index (χ0n) is 10.6. The highest BCUT2D eigenvalue weighted by Gasteiger charge is 2.23. The first-order valence-electron chi connectivity index (χ1n) is 6.41. The van der Waals surface area contributed by atoms with E-state index < -0.39 is 10.0 Å². The van der Waals surface area contributed by atoms with Gasteiger partial charge in [-0.15, -0.1) is 0 Å². The SMILES string of the molecule is CCNCc1ccc(S(=O)(=O)NCC2CCC2)o1. The van der Waals surface area contributed by atoms with E-state index in [1.54, 1.807) is 6.07 Å². The summed E-state index contributed by atoms with van der Waals surface area (Å²) >= 11 is 0. The number of rotatable bonds is 7. The Bertz CT molecular complexity index is 477. The molecule has 0 aliphatic heterocycles. The van der Waals surface area contributed by atoms with Crippen LogP contribution in [0.1, 0.15) is 31.9 Å². The van der Waals surface area contributed by atoms with Crippen LogP contribution in [0.25, 0.3) is 0 Å². The molecule has 0 spiro atoms. The lowest BCUT2D eigenvalue weighted by atomic mass is 9.86. The third-order valence-electron chi connectivity index (χ3n) is 3.24. The summed E-state index contributed by atoms with van der Waals surface area (Å²) in [6.45, 7) is 3.88. The van der Waals surface area contributed by atoms with Gasteiger partial charge in [0.2, 0.25) is 5.09 Å². The molecule has 102 valence electrons. The van der Waals surface area contributed by atoms with Crippen LogP contribution in [0.4, 0.5) is 0 Å².